The molecule has 0 spiro atoms. The van der Waals surface area contributed by atoms with E-state index >= 15 is 0 Å². The minimum atomic E-state index is -0.999. The van der Waals surface area contributed by atoms with Crippen molar-refractivity contribution in [1.82, 2.24) is 5.32 Å². The van der Waals surface area contributed by atoms with Gasteiger partial charge in [-0.15, -0.1) is 0 Å². The fraction of sp³-hybridized carbons (Fsp3) is 0.467. The normalized spacial score (nSPS) is 11.7. The molecule has 0 aliphatic rings. The van der Waals surface area contributed by atoms with Crippen LogP contribution in [0.3, 0.4) is 0 Å². The Morgan fingerprint density at radius 1 is 1.33 bits per heavy atom. The van der Waals surface area contributed by atoms with Gasteiger partial charge in [0, 0.05) is 18.2 Å². The third-order valence-corrected chi connectivity index (χ3v) is 3.70. The summed E-state index contributed by atoms with van der Waals surface area (Å²) in [6.07, 6.45) is 2.72. The van der Waals surface area contributed by atoms with E-state index in [2.05, 4.69) is 5.32 Å². The molecule has 1 aromatic carbocycles. The second-order valence-electron chi connectivity index (χ2n) is 4.72. The van der Waals surface area contributed by atoms with Crippen molar-refractivity contribution >= 4 is 23.6 Å². The van der Waals surface area contributed by atoms with Gasteiger partial charge in [-0.05, 0) is 30.4 Å². The smallest absolute Gasteiger partial charge is 0.341 e. The lowest BCUT2D eigenvalue weighted by molar-refractivity contribution is -0.139. The number of nitrogens with one attached hydrogen (secondary N) is 1. The zero-order valence-electron chi connectivity index (χ0n) is 12.3. The van der Waals surface area contributed by atoms with Gasteiger partial charge in [-0.3, -0.25) is 4.79 Å². The molecule has 21 heavy (non-hydrogen) atoms. The zero-order chi connectivity index (χ0) is 15.7. The molecule has 1 rings (SSSR count). The van der Waals surface area contributed by atoms with Crippen LogP contribution in [0.1, 0.15) is 12.5 Å². The number of thioether (sulfide) groups is 1. The highest BCUT2D eigenvalue weighted by molar-refractivity contribution is 7.98. The highest BCUT2D eigenvalue weighted by Gasteiger charge is 2.10. The molecule has 0 aliphatic heterocycles. The first-order valence-electron chi connectivity index (χ1n) is 6.73. The number of carbonyl (C=O) groups is 2. The van der Waals surface area contributed by atoms with Crippen molar-refractivity contribution in [2.75, 3.05) is 25.2 Å². The van der Waals surface area contributed by atoms with Gasteiger partial charge in [0.1, 0.15) is 5.75 Å². The van der Waals surface area contributed by atoms with Gasteiger partial charge >= 0.3 is 5.97 Å². The number of benzene rings is 1. The number of carboxylic acids is 1. The average Bonchev–Trinajstić information content (AvgIpc) is 2.46. The van der Waals surface area contributed by atoms with Crippen molar-refractivity contribution in [1.29, 1.82) is 0 Å². The largest absolute Gasteiger partial charge is 0.482 e. The van der Waals surface area contributed by atoms with E-state index in [0.29, 0.717) is 12.3 Å². The minimum Gasteiger partial charge on any atom is -0.482 e. The van der Waals surface area contributed by atoms with E-state index in [1.807, 2.05) is 25.3 Å². The SMILES string of the molecule is CSCC(C)C(=O)NCCc1ccc(OCC(=O)O)cc1. The predicted octanol–water partition coefficient (Wildman–Crippen LogP) is 1.81. The maximum atomic E-state index is 11.7. The van der Waals surface area contributed by atoms with Crippen LogP contribution in [-0.4, -0.2) is 42.1 Å². The molecule has 1 unspecified atom stereocenters. The molecule has 116 valence electrons. The maximum Gasteiger partial charge on any atom is 0.341 e. The molecular weight excluding hydrogens is 290 g/mol. The predicted molar refractivity (Wildman–Crippen MR) is 83.8 cm³/mol. The van der Waals surface area contributed by atoms with Crippen molar-refractivity contribution < 1.29 is 19.4 Å². The van der Waals surface area contributed by atoms with Crippen LogP contribution in [0.5, 0.6) is 5.75 Å². The van der Waals surface area contributed by atoms with Crippen LogP contribution in [0, 0.1) is 5.92 Å². The van der Waals surface area contributed by atoms with Gasteiger partial charge in [-0.1, -0.05) is 19.1 Å². The fourth-order valence-corrected chi connectivity index (χ4v) is 2.38. The summed E-state index contributed by atoms with van der Waals surface area (Å²) in [5.74, 6) is 0.444. The Kier molecular flexibility index (Phi) is 7.68. The van der Waals surface area contributed by atoms with Gasteiger partial charge in [0.15, 0.2) is 6.61 Å². The second kappa shape index (κ2) is 9.28. The molecule has 1 amide bonds. The van der Waals surface area contributed by atoms with Crippen LogP contribution in [0.25, 0.3) is 0 Å². The number of ether oxygens (including phenoxy) is 1. The Bertz CT molecular complexity index is 461. The zero-order valence-corrected chi connectivity index (χ0v) is 13.1. The molecule has 0 fully saturated rings. The number of rotatable bonds is 9. The van der Waals surface area contributed by atoms with Crippen molar-refractivity contribution in [3.05, 3.63) is 29.8 Å². The number of carboxylic acid groups (broad SMARTS) is 1. The second-order valence-corrected chi connectivity index (χ2v) is 5.63. The molecule has 0 bridgehead atoms. The third-order valence-electron chi connectivity index (χ3n) is 2.86. The molecule has 0 saturated heterocycles. The lowest BCUT2D eigenvalue weighted by Crippen LogP contribution is -2.31. The van der Waals surface area contributed by atoms with Gasteiger partial charge < -0.3 is 15.2 Å². The number of hydrogen-bond donors (Lipinski definition) is 2. The molecule has 0 heterocycles. The van der Waals surface area contributed by atoms with Crippen molar-refractivity contribution in [3.8, 4) is 5.75 Å². The van der Waals surface area contributed by atoms with Gasteiger partial charge in [0.05, 0.1) is 0 Å². The van der Waals surface area contributed by atoms with Crippen LogP contribution in [0.15, 0.2) is 24.3 Å². The molecule has 5 nitrogen and oxygen atoms in total. The van der Waals surface area contributed by atoms with E-state index in [4.69, 9.17) is 9.84 Å². The summed E-state index contributed by atoms with van der Waals surface area (Å²) in [4.78, 5) is 22.1. The fourth-order valence-electron chi connectivity index (χ4n) is 1.73. The van der Waals surface area contributed by atoms with Crippen LogP contribution >= 0.6 is 11.8 Å². The van der Waals surface area contributed by atoms with Gasteiger partial charge in [-0.25, -0.2) is 4.79 Å². The van der Waals surface area contributed by atoms with Crippen molar-refractivity contribution in [3.63, 3.8) is 0 Å². The van der Waals surface area contributed by atoms with Crippen LogP contribution < -0.4 is 10.1 Å². The van der Waals surface area contributed by atoms with E-state index in [1.54, 1.807) is 23.9 Å². The molecule has 1 atom stereocenters. The van der Waals surface area contributed by atoms with Gasteiger partial charge in [0.25, 0.3) is 0 Å². The van der Waals surface area contributed by atoms with E-state index < -0.39 is 5.97 Å². The molecule has 1 aromatic rings. The maximum absolute atomic E-state index is 11.7. The quantitative estimate of drug-likeness (QED) is 0.727. The monoisotopic (exact) mass is 311 g/mol. The molecule has 2 N–H and O–H groups in total. The lowest BCUT2D eigenvalue weighted by atomic mass is 10.1. The summed E-state index contributed by atoms with van der Waals surface area (Å²) in [5.41, 5.74) is 1.07. The van der Waals surface area contributed by atoms with Gasteiger partial charge in [-0.2, -0.15) is 11.8 Å². The van der Waals surface area contributed by atoms with Crippen LogP contribution in [0.2, 0.25) is 0 Å². The Labute approximate surface area is 129 Å². The molecule has 0 radical (unpaired) electrons. The lowest BCUT2D eigenvalue weighted by Gasteiger charge is -2.11. The highest BCUT2D eigenvalue weighted by atomic mass is 32.2. The first-order valence-corrected chi connectivity index (χ1v) is 8.12. The number of hydrogen-bond acceptors (Lipinski definition) is 4. The standard InChI is InChI=1S/C15H21NO4S/c1-11(10-21-2)15(19)16-8-7-12-3-5-13(6-4-12)20-9-14(17)18/h3-6,11H,7-10H2,1-2H3,(H,16,19)(H,17,18). The van der Waals surface area contributed by atoms with E-state index in [9.17, 15) is 9.59 Å². The van der Waals surface area contributed by atoms with E-state index in [0.717, 1.165) is 17.7 Å². The Balaban J connectivity index is 2.32. The van der Waals surface area contributed by atoms with E-state index in [-0.39, 0.29) is 18.4 Å². The number of aliphatic carboxylic acids is 1. The summed E-state index contributed by atoms with van der Waals surface area (Å²) in [5, 5.41) is 11.4. The molecule has 0 saturated carbocycles. The Hall–Kier alpha value is -1.69. The summed E-state index contributed by atoms with van der Waals surface area (Å²) < 4.78 is 5.05. The van der Waals surface area contributed by atoms with Crippen LogP contribution in [0.4, 0.5) is 0 Å². The summed E-state index contributed by atoms with van der Waals surface area (Å²) >= 11 is 1.66. The van der Waals surface area contributed by atoms with Crippen molar-refractivity contribution in [2.24, 2.45) is 5.92 Å². The Morgan fingerprint density at radius 3 is 2.57 bits per heavy atom. The minimum absolute atomic E-state index is 0.0202. The molecule has 6 heteroatoms. The topological polar surface area (TPSA) is 75.6 Å². The highest BCUT2D eigenvalue weighted by Crippen LogP contribution is 2.12. The van der Waals surface area contributed by atoms with Crippen LogP contribution in [-0.2, 0) is 16.0 Å². The number of amides is 1. The van der Waals surface area contributed by atoms with E-state index in [1.165, 1.54) is 0 Å². The van der Waals surface area contributed by atoms with Crippen molar-refractivity contribution in [2.45, 2.75) is 13.3 Å². The molecular formula is C15H21NO4S. The summed E-state index contributed by atoms with van der Waals surface area (Å²) in [7, 11) is 0. The third kappa shape index (κ3) is 7.04. The first-order chi connectivity index (χ1) is 10.0. The average molecular weight is 311 g/mol. The molecule has 0 aromatic heterocycles. The summed E-state index contributed by atoms with van der Waals surface area (Å²) in [6, 6.07) is 7.20. The molecule has 0 aliphatic carbocycles. The number of carbonyl (C=O) groups excluding carboxylic acids is 1. The summed E-state index contributed by atoms with van der Waals surface area (Å²) in [6.45, 7) is 2.16. The van der Waals surface area contributed by atoms with Gasteiger partial charge in [0.2, 0.25) is 5.91 Å². The Morgan fingerprint density at radius 2 is 2.00 bits per heavy atom. The first kappa shape index (κ1) is 17.4.